The van der Waals surface area contributed by atoms with Gasteiger partial charge in [-0.25, -0.2) is 0 Å². The second-order valence-corrected chi connectivity index (χ2v) is 9.52. The maximum Gasteiger partial charge on any atom is 0.300 e. The van der Waals surface area contributed by atoms with Crippen LogP contribution in [0.15, 0.2) is 52.2 Å². The van der Waals surface area contributed by atoms with Gasteiger partial charge in [-0.3, -0.25) is 9.36 Å². The summed E-state index contributed by atoms with van der Waals surface area (Å²) >= 11 is 8.50. The summed E-state index contributed by atoms with van der Waals surface area (Å²) in [6.07, 6.45) is 0. The topological polar surface area (TPSA) is 56.1 Å². The largest absolute Gasteiger partial charge is 0.468 e. The fourth-order valence-electron chi connectivity index (χ4n) is 4.99. The van der Waals surface area contributed by atoms with E-state index >= 15 is 0 Å². The van der Waals surface area contributed by atoms with E-state index in [0.29, 0.717) is 11.6 Å². The van der Waals surface area contributed by atoms with E-state index in [1.807, 2.05) is 30.8 Å². The molecule has 31 heavy (non-hydrogen) atoms. The molecule has 0 amide bonds. The Hall–Kier alpha value is -2.28. The highest BCUT2D eigenvalue weighted by atomic mass is 35.5. The molecular weight excluding hydrogens is 430 g/mol. The van der Waals surface area contributed by atoms with Crippen molar-refractivity contribution in [2.75, 3.05) is 13.7 Å². The van der Waals surface area contributed by atoms with E-state index in [1.165, 1.54) is 21.6 Å². The average Bonchev–Trinajstić information content (AvgIpc) is 2.94. The number of fused-ring (bicyclic) bond motifs is 3. The normalized spacial score (nSPS) is 22.1. The molecule has 1 aromatic heterocycles. The van der Waals surface area contributed by atoms with E-state index in [2.05, 4.69) is 52.1 Å². The second kappa shape index (κ2) is 8.01. The monoisotopic (exact) mass is 453 g/mol. The van der Waals surface area contributed by atoms with Gasteiger partial charge in [0.1, 0.15) is 0 Å². The maximum absolute atomic E-state index is 12.5. The van der Waals surface area contributed by atoms with Gasteiger partial charge in [-0.2, -0.15) is 4.98 Å². The molecule has 3 aromatic rings. The molecule has 2 aliphatic heterocycles. The summed E-state index contributed by atoms with van der Waals surface area (Å²) in [6, 6.07) is 15.1. The number of thioether (sulfide) groups is 1. The molecule has 7 heteroatoms. The van der Waals surface area contributed by atoms with Crippen LogP contribution in [0.5, 0.6) is 6.01 Å². The van der Waals surface area contributed by atoms with Crippen LogP contribution in [0, 0.1) is 6.92 Å². The molecule has 160 valence electrons. The Morgan fingerprint density at radius 3 is 2.77 bits per heavy atom. The van der Waals surface area contributed by atoms with E-state index in [-0.39, 0.29) is 23.6 Å². The summed E-state index contributed by atoms with van der Waals surface area (Å²) < 4.78 is 7.78. The molecule has 0 fully saturated rings. The third-order valence-electron chi connectivity index (χ3n) is 6.43. The number of hydrogen-bond acceptors (Lipinski definition) is 5. The first-order chi connectivity index (χ1) is 15.0. The standard InChI is InChI=1S/C24H24ClN3O2S/c1-13-22-14(2)26-11-19(28(22)24(30-3)27-23(13)29)21-15-8-6-9-18(25)17(15)12-31-20-10-5-4-7-16(20)21/h4-10,14,19,21,26H,11-12H2,1-3H3. The van der Waals surface area contributed by atoms with Crippen molar-refractivity contribution in [2.24, 2.45) is 0 Å². The van der Waals surface area contributed by atoms with Crippen LogP contribution in [-0.4, -0.2) is 23.2 Å². The zero-order chi connectivity index (χ0) is 21.7. The summed E-state index contributed by atoms with van der Waals surface area (Å²) in [4.78, 5) is 18.1. The van der Waals surface area contributed by atoms with Crippen molar-refractivity contribution in [2.45, 2.75) is 42.5 Å². The number of rotatable bonds is 2. The minimum absolute atomic E-state index is 0.0231. The smallest absolute Gasteiger partial charge is 0.300 e. The van der Waals surface area contributed by atoms with Gasteiger partial charge in [0.25, 0.3) is 11.6 Å². The lowest BCUT2D eigenvalue weighted by Crippen LogP contribution is -2.42. The quantitative estimate of drug-likeness (QED) is 0.600. The molecule has 0 bridgehead atoms. The number of nitrogens with zero attached hydrogens (tertiary/aromatic N) is 2. The van der Waals surface area contributed by atoms with Crippen molar-refractivity contribution < 1.29 is 4.74 Å². The first kappa shape index (κ1) is 20.6. The lowest BCUT2D eigenvalue weighted by Gasteiger charge is -2.39. The molecule has 5 nitrogen and oxygen atoms in total. The third kappa shape index (κ3) is 3.28. The van der Waals surface area contributed by atoms with Gasteiger partial charge in [0, 0.05) is 45.4 Å². The Morgan fingerprint density at radius 2 is 1.97 bits per heavy atom. The van der Waals surface area contributed by atoms with Crippen molar-refractivity contribution >= 4 is 23.4 Å². The highest BCUT2D eigenvalue weighted by Crippen LogP contribution is 2.49. The predicted molar refractivity (Wildman–Crippen MR) is 125 cm³/mol. The second-order valence-electron chi connectivity index (χ2n) is 8.09. The highest BCUT2D eigenvalue weighted by molar-refractivity contribution is 7.98. The number of nitrogens with one attached hydrogen (secondary N) is 1. The molecule has 0 radical (unpaired) electrons. The number of halogens is 1. The molecule has 0 spiro atoms. The number of benzene rings is 2. The van der Waals surface area contributed by atoms with Crippen LogP contribution in [0.4, 0.5) is 0 Å². The minimum Gasteiger partial charge on any atom is -0.468 e. The number of aromatic nitrogens is 2. The van der Waals surface area contributed by atoms with Crippen LogP contribution in [0.2, 0.25) is 5.02 Å². The van der Waals surface area contributed by atoms with E-state index in [9.17, 15) is 4.79 Å². The van der Waals surface area contributed by atoms with Crippen molar-refractivity contribution in [3.05, 3.63) is 85.8 Å². The van der Waals surface area contributed by atoms with Gasteiger partial charge in [0.15, 0.2) is 0 Å². The molecule has 2 aromatic carbocycles. The average molecular weight is 454 g/mol. The lowest BCUT2D eigenvalue weighted by molar-refractivity contribution is 0.265. The van der Waals surface area contributed by atoms with Gasteiger partial charge in [-0.1, -0.05) is 41.9 Å². The maximum atomic E-state index is 12.5. The summed E-state index contributed by atoms with van der Waals surface area (Å²) in [7, 11) is 1.58. The SMILES string of the molecule is COc1nc(=O)c(C)c2n1C(C1c3ccccc3SCc3c(Cl)cccc31)CNC2C. The fourth-order valence-corrected chi connectivity index (χ4v) is 6.47. The number of ether oxygens (including phenoxy) is 1. The van der Waals surface area contributed by atoms with E-state index in [1.54, 1.807) is 7.11 Å². The summed E-state index contributed by atoms with van der Waals surface area (Å²) in [5.74, 6) is 0.862. The lowest BCUT2D eigenvalue weighted by atomic mass is 9.81. The van der Waals surface area contributed by atoms with Crippen molar-refractivity contribution in [3.8, 4) is 6.01 Å². The van der Waals surface area contributed by atoms with Crippen LogP contribution in [0.1, 0.15) is 52.9 Å². The molecule has 0 saturated carbocycles. The van der Waals surface area contributed by atoms with Crippen LogP contribution >= 0.6 is 23.4 Å². The zero-order valence-corrected chi connectivity index (χ0v) is 19.3. The summed E-state index contributed by atoms with van der Waals surface area (Å²) in [6.45, 7) is 4.66. The van der Waals surface area contributed by atoms with Crippen molar-refractivity contribution in [3.63, 3.8) is 0 Å². The van der Waals surface area contributed by atoms with Gasteiger partial charge in [0.2, 0.25) is 0 Å². The van der Waals surface area contributed by atoms with Crippen LogP contribution in [-0.2, 0) is 5.75 Å². The fraction of sp³-hybridized carbons (Fsp3) is 0.333. The summed E-state index contributed by atoms with van der Waals surface area (Å²) in [5.41, 5.74) is 5.01. The van der Waals surface area contributed by atoms with Crippen molar-refractivity contribution in [1.82, 2.24) is 14.9 Å². The third-order valence-corrected chi connectivity index (χ3v) is 7.90. The van der Waals surface area contributed by atoms with Crippen LogP contribution in [0.25, 0.3) is 0 Å². The van der Waals surface area contributed by atoms with Gasteiger partial charge >= 0.3 is 0 Å². The molecule has 3 atom stereocenters. The van der Waals surface area contributed by atoms with Gasteiger partial charge in [0.05, 0.1) is 13.2 Å². The molecule has 5 rings (SSSR count). The van der Waals surface area contributed by atoms with Crippen molar-refractivity contribution in [1.29, 1.82) is 0 Å². The first-order valence-electron chi connectivity index (χ1n) is 10.4. The molecule has 1 N–H and O–H groups in total. The summed E-state index contributed by atoms with van der Waals surface area (Å²) in [5, 5.41) is 4.41. The Labute approximate surface area is 190 Å². The predicted octanol–water partition coefficient (Wildman–Crippen LogP) is 4.86. The Balaban J connectivity index is 1.81. The number of methoxy groups -OCH3 is 1. The van der Waals surface area contributed by atoms with Crippen LogP contribution in [0.3, 0.4) is 0 Å². The molecule has 0 aliphatic carbocycles. The molecule has 3 heterocycles. The molecule has 2 aliphatic rings. The number of hydrogen-bond donors (Lipinski definition) is 1. The molecule has 3 unspecified atom stereocenters. The van der Waals surface area contributed by atoms with Gasteiger partial charge < -0.3 is 10.1 Å². The first-order valence-corrected chi connectivity index (χ1v) is 11.8. The van der Waals surface area contributed by atoms with Gasteiger partial charge in [-0.05, 0) is 42.7 Å². The Kier molecular flexibility index (Phi) is 5.32. The van der Waals surface area contributed by atoms with E-state index in [0.717, 1.165) is 23.0 Å². The zero-order valence-electron chi connectivity index (χ0n) is 17.7. The van der Waals surface area contributed by atoms with Gasteiger partial charge in [-0.15, -0.1) is 11.8 Å². The Morgan fingerprint density at radius 1 is 1.19 bits per heavy atom. The minimum atomic E-state index is -0.238. The molecule has 0 saturated heterocycles. The van der Waals surface area contributed by atoms with Crippen LogP contribution < -0.4 is 15.6 Å². The highest BCUT2D eigenvalue weighted by Gasteiger charge is 2.38. The Bertz CT molecular complexity index is 1230. The molecular formula is C24H24ClN3O2S. The van der Waals surface area contributed by atoms with E-state index in [4.69, 9.17) is 16.3 Å². The van der Waals surface area contributed by atoms with E-state index < -0.39 is 0 Å².